The van der Waals surface area contributed by atoms with E-state index in [1.165, 1.54) is 5.71 Å². The van der Waals surface area contributed by atoms with E-state index >= 15 is 0 Å². The molecule has 0 N–H and O–H groups in total. The van der Waals surface area contributed by atoms with Gasteiger partial charge in [-0.05, 0) is 19.1 Å². The first-order valence-corrected chi connectivity index (χ1v) is 5.88. The van der Waals surface area contributed by atoms with Crippen LogP contribution >= 0.6 is 0 Å². The Balaban J connectivity index is 2.08. The average Bonchev–Trinajstić information content (AvgIpc) is 2.79. The molecule has 0 bridgehead atoms. The van der Waals surface area contributed by atoms with Crippen LogP contribution in [0.25, 0.3) is 0 Å². The number of benzene rings is 1. The van der Waals surface area contributed by atoms with Gasteiger partial charge in [-0.1, -0.05) is 36.4 Å². The monoisotopic (exact) mass is 222 g/mol. The minimum Gasteiger partial charge on any atom is -0.255 e. The minimum absolute atomic E-state index is 0.339. The highest BCUT2D eigenvalue weighted by atomic mass is 14.9. The molecule has 0 unspecified atom stereocenters. The molecule has 2 heteroatoms. The van der Waals surface area contributed by atoms with E-state index in [9.17, 15) is 0 Å². The Morgan fingerprint density at radius 3 is 2.35 bits per heavy atom. The maximum absolute atomic E-state index is 4.77. The molecule has 0 spiro atoms. The van der Waals surface area contributed by atoms with Crippen LogP contribution in [0.5, 0.6) is 0 Å². The third-order valence-electron chi connectivity index (χ3n) is 3.03. The van der Waals surface area contributed by atoms with Gasteiger partial charge in [0, 0.05) is 23.8 Å². The molecule has 0 saturated carbocycles. The van der Waals surface area contributed by atoms with Gasteiger partial charge in [-0.3, -0.25) is 9.98 Å². The lowest BCUT2D eigenvalue weighted by Gasteiger charge is -2.08. The number of aliphatic imine (C=N–C) groups is 2. The van der Waals surface area contributed by atoms with Gasteiger partial charge in [0.05, 0.1) is 11.4 Å². The zero-order valence-electron chi connectivity index (χ0n) is 9.80. The van der Waals surface area contributed by atoms with Crippen LogP contribution in [0.2, 0.25) is 0 Å². The summed E-state index contributed by atoms with van der Waals surface area (Å²) >= 11 is 0. The Hall–Kier alpha value is -1.96. The molecule has 0 radical (unpaired) electrons. The molecule has 84 valence electrons. The van der Waals surface area contributed by atoms with Gasteiger partial charge < -0.3 is 0 Å². The summed E-state index contributed by atoms with van der Waals surface area (Å²) in [4.78, 5) is 9.39. The number of para-hydroxylation sites is 2. The van der Waals surface area contributed by atoms with E-state index < -0.39 is 0 Å². The second-order valence-corrected chi connectivity index (χ2v) is 4.41. The molecule has 1 aliphatic carbocycles. The molecule has 0 saturated heterocycles. The zero-order valence-corrected chi connectivity index (χ0v) is 9.80. The Labute approximate surface area is 101 Å². The van der Waals surface area contributed by atoms with Gasteiger partial charge in [0.1, 0.15) is 0 Å². The van der Waals surface area contributed by atoms with Crippen LogP contribution < -0.4 is 0 Å². The van der Waals surface area contributed by atoms with Crippen LogP contribution in [-0.2, 0) is 0 Å². The molecule has 0 aromatic heterocycles. The van der Waals surface area contributed by atoms with Gasteiger partial charge in [0.25, 0.3) is 0 Å². The summed E-state index contributed by atoms with van der Waals surface area (Å²) in [5, 5.41) is 0. The van der Waals surface area contributed by atoms with Gasteiger partial charge in [0.15, 0.2) is 0 Å². The molecule has 0 amide bonds. The van der Waals surface area contributed by atoms with Crippen molar-refractivity contribution in [3.63, 3.8) is 0 Å². The van der Waals surface area contributed by atoms with Crippen molar-refractivity contribution in [2.45, 2.75) is 13.3 Å². The molecule has 0 atom stereocenters. The van der Waals surface area contributed by atoms with Crippen LogP contribution in [0.15, 0.2) is 58.6 Å². The summed E-state index contributed by atoms with van der Waals surface area (Å²) < 4.78 is 0. The number of hydrogen-bond acceptors (Lipinski definition) is 2. The van der Waals surface area contributed by atoms with Crippen LogP contribution in [0.3, 0.4) is 0 Å². The van der Waals surface area contributed by atoms with Gasteiger partial charge in [-0.2, -0.15) is 0 Å². The van der Waals surface area contributed by atoms with Gasteiger partial charge in [-0.15, -0.1) is 0 Å². The Morgan fingerprint density at radius 2 is 1.65 bits per heavy atom. The summed E-state index contributed by atoms with van der Waals surface area (Å²) in [7, 11) is 0. The van der Waals surface area contributed by atoms with Crippen LogP contribution in [-0.4, -0.2) is 11.4 Å². The number of allylic oxidation sites excluding steroid dienone is 4. The summed E-state index contributed by atoms with van der Waals surface area (Å²) in [6, 6.07) is 8.06. The van der Waals surface area contributed by atoms with E-state index in [0.717, 1.165) is 23.5 Å². The van der Waals surface area contributed by atoms with Crippen molar-refractivity contribution < 1.29 is 0 Å². The quantitative estimate of drug-likeness (QED) is 0.686. The topological polar surface area (TPSA) is 24.7 Å². The van der Waals surface area contributed by atoms with E-state index in [-0.39, 0.29) is 0 Å². The number of nitrogens with zero attached hydrogens (tertiary/aromatic N) is 2. The molecule has 17 heavy (non-hydrogen) atoms. The summed E-state index contributed by atoms with van der Waals surface area (Å²) in [6.07, 6.45) is 9.38. The van der Waals surface area contributed by atoms with E-state index in [1.54, 1.807) is 0 Å². The second-order valence-electron chi connectivity index (χ2n) is 4.41. The molecule has 1 aromatic carbocycles. The van der Waals surface area contributed by atoms with Crippen molar-refractivity contribution in [1.29, 1.82) is 0 Å². The molecule has 3 rings (SSSR count). The normalized spacial score (nSPS) is 18.6. The lowest BCUT2D eigenvalue weighted by molar-refractivity contribution is 1.12. The van der Waals surface area contributed by atoms with Gasteiger partial charge >= 0.3 is 0 Å². The van der Waals surface area contributed by atoms with Crippen molar-refractivity contribution in [2.75, 3.05) is 0 Å². The fourth-order valence-electron chi connectivity index (χ4n) is 2.20. The smallest absolute Gasteiger partial charge is 0.0886 e. The number of rotatable bonds is 1. The molecular formula is C15H14N2. The van der Waals surface area contributed by atoms with Crippen molar-refractivity contribution in [2.24, 2.45) is 15.9 Å². The molecular weight excluding hydrogens is 208 g/mol. The van der Waals surface area contributed by atoms with E-state index in [1.807, 2.05) is 24.3 Å². The Kier molecular flexibility index (Phi) is 2.48. The maximum atomic E-state index is 4.77. The molecule has 2 nitrogen and oxygen atoms in total. The van der Waals surface area contributed by atoms with Crippen molar-refractivity contribution in [3.05, 3.63) is 48.6 Å². The number of hydrogen-bond donors (Lipinski definition) is 0. The fourth-order valence-corrected chi connectivity index (χ4v) is 2.20. The highest BCUT2D eigenvalue weighted by Gasteiger charge is 2.16. The Bertz CT molecular complexity index is 550. The van der Waals surface area contributed by atoms with Gasteiger partial charge in [0.2, 0.25) is 0 Å². The third kappa shape index (κ3) is 1.98. The highest BCUT2D eigenvalue weighted by Crippen LogP contribution is 2.32. The van der Waals surface area contributed by atoms with E-state index in [2.05, 4.69) is 36.2 Å². The largest absolute Gasteiger partial charge is 0.255 e. The Morgan fingerprint density at radius 1 is 1.00 bits per heavy atom. The SMILES string of the molecule is CC1=Nc2ccccc2N=C(C2C=CC=C2)C1. The lowest BCUT2D eigenvalue weighted by atomic mass is 10.0. The first-order chi connectivity index (χ1) is 8.33. The van der Waals surface area contributed by atoms with Crippen LogP contribution in [0.4, 0.5) is 11.4 Å². The molecule has 1 heterocycles. The highest BCUT2D eigenvalue weighted by molar-refractivity contribution is 6.09. The number of fused-ring (bicyclic) bond motifs is 1. The van der Waals surface area contributed by atoms with Crippen molar-refractivity contribution in [1.82, 2.24) is 0 Å². The predicted molar refractivity (Wildman–Crippen MR) is 72.7 cm³/mol. The predicted octanol–water partition coefficient (Wildman–Crippen LogP) is 4.00. The standard InChI is InChI=1S/C15H14N2/c1-11-10-15(12-6-2-3-7-12)17-14-9-5-4-8-13(14)16-11/h2-9,12H,10H2,1H3. The lowest BCUT2D eigenvalue weighted by Crippen LogP contribution is -2.11. The summed E-state index contributed by atoms with van der Waals surface area (Å²) in [5.74, 6) is 0.339. The maximum Gasteiger partial charge on any atom is 0.0886 e. The van der Waals surface area contributed by atoms with Gasteiger partial charge in [-0.25, -0.2) is 0 Å². The first kappa shape index (κ1) is 10.2. The molecule has 2 aliphatic rings. The first-order valence-electron chi connectivity index (χ1n) is 5.88. The summed E-state index contributed by atoms with van der Waals surface area (Å²) in [5.41, 5.74) is 4.27. The van der Waals surface area contributed by atoms with Crippen molar-refractivity contribution >= 4 is 22.8 Å². The molecule has 1 aromatic rings. The fraction of sp³-hybridized carbons (Fsp3) is 0.200. The average molecular weight is 222 g/mol. The minimum atomic E-state index is 0.339. The second kappa shape index (κ2) is 4.13. The zero-order chi connectivity index (χ0) is 11.7. The molecule has 1 aliphatic heterocycles. The third-order valence-corrected chi connectivity index (χ3v) is 3.03. The van der Waals surface area contributed by atoms with E-state index in [0.29, 0.717) is 5.92 Å². The van der Waals surface area contributed by atoms with Crippen LogP contribution in [0, 0.1) is 5.92 Å². The molecule has 0 fully saturated rings. The van der Waals surface area contributed by atoms with Crippen LogP contribution in [0.1, 0.15) is 13.3 Å². The van der Waals surface area contributed by atoms with Crippen molar-refractivity contribution in [3.8, 4) is 0 Å². The van der Waals surface area contributed by atoms with E-state index in [4.69, 9.17) is 4.99 Å². The summed E-state index contributed by atoms with van der Waals surface area (Å²) in [6.45, 7) is 2.07.